The maximum atomic E-state index is 13.3. The molecule has 6 nitrogen and oxygen atoms in total. The molecule has 2 rings (SSSR count). The van der Waals surface area contributed by atoms with Crippen LogP contribution >= 0.6 is 0 Å². The molecule has 26 heavy (non-hydrogen) atoms. The Bertz CT molecular complexity index is 809. The molecule has 0 radical (unpaired) electrons. The number of halogens is 4. The van der Waals surface area contributed by atoms with Crippen LogP contribution in [-0.2, 0) is 22.3 Å². The zero-order valence-electron chi connectivity index (χ0n) is 13.5. The van der Waals surface area contributed by atoms with Gasteiger partial charge in [0.15, 0.2) is 0 Å². The van der Waals surface area contributed by atoms with Gasteiger partial charge >= 0.3 is 18.1 Å². The van der Waals surface area contributed by atoms with E-state index in [1.807, 2.05) is 0 Å². The second kappa shape index (κ2) is 8.48. The van der Waals surface area contributed by atoms with E-state index in [9.17, 15) is 27.2 Å². The summed E-state index contributed by atoms with van der Waals surface area (Å²) in [5.74, 6) is -3.77. The molecule has 10 heteroatoms. The van der Waals surface area contributed by atoms with E-state index in [4.69, 9.17) is 15.9 Å². The van der Waals surface area contributed by atoms with Gasteiger partial charge in [-0.1, -0.05) is 0 Å². The zero-order valence-corrected chi connectivity index (χ0v) is 13.5. The van der Waals surface area contributed by atoms with Crippen molar-refractivity contribution >= 4 is 22.8 Å². The van der Waals surface area contributed by atoms with Crippen LogP contribution in [0.3, 0.4) is 0 Å². The number of aliphatic carboxylic acids is 2. The van der Waals surface area contributed by atoms with Gasteiger partial charge in [0.05, 0.1) is 5.56 Å². The average molecular weight is 376 g/mol. The predicted molar refractivity (Wildman–Crippen MR) is 85.0 cm³/mol. The number of aromatic nitrogens is 1. The fourth-order valence-electron chi connectivity index (χ4n) is 2.04. The van der Waals surface area contributed by atoms with E-state index < -0.39 is 29.5 Å². The molecule has 0 saturated heterocycles. The van der Waals surface area contributed by atoms with Gasteiger partial charge in [0.2, 0.25) is 0 Å². The van der Waals surface area contributed by atoms with E-state index in [1.165, 1.54) is 0 Å². The molecule has 0 aliphatic carbocycles. The molecule has 0 fully saturated rings. The largest absolute Gasteiger partial charge is 0.478 e. The van der Waals surface area contributed by atoms with Gasteiger partial charge in [0.25, 0.3) is 0 Å². The van der Waals surface area contributed by atoms with Gasteiger partial charge < -0.3 is 20.5 Å². The summed E-state index contributed by atoms with van der Waals surface area (Å²) < 4.78 is 52.7. The number of hydrogen-bond donors (Lipinski definition) is 3. The maximum absolute atomic E-state index is 13.3. The molecule has 0 aliphatic heterocycles. The minimum atomic E-state index is -4.69. The normalized spacial score (nSPS) is 12.7. The Morgan fingerprint density at radius 2 is 1.77 bits per heavy atom. The predicted octanol–water partition coefficient (Wildman–Crippen LogP) is 2.86. The van der Waals surface area contributed by atoms with Gasteiger partial charge in [0, 0.05) is 41.8 Å². The van der Waals surface area contributed by atoms with Crippen molar-refractivity contribution in [1.82, 2.24) is 4.57 Å². The number of nitrogens with zero attached hydrogens (tertiary/aromatic N) is 1. The fraction of sp³-hybridized carbons (Fsp3) is 0.250. The molecule has 1 aromatic carbocycles. The van der Waals surface area contributed by atoms with E-state index in [0.29, 0.717) is 29.6 Å². The Morgan fingerprint density at radius 3 is 2.19 bits per heavy atom. The number of nitrogens with two attached hydrogens (primary N) is 1. The van der Waals surface area contributed by atoms with Crippen LogP contribution in [0.2, 0.25) is 0 Å². The monoisotopic (exact) mass is 376 g/mol. The summed E-state index contributed by atoms with van der Waals surface area (Å²) in [5, 5.41) is 16.1. The van der Waals surface area contributed by atoms with Crippen LogP contribution in [0.15, 0.2) is 36.5 Å². The Hall–Kier alpha value is -2.88. The minimum absolute atomic E-state index is 0.194. The lowest BCUT2D eigenvalue weighted by atomic mass is 10.1. The summed E-state index contributed by atoms with van der Waals surface area (Å²) in [6.45, 7) is 2.13. The van der Waals surface area contributed by atoms with Crippen molar-refractivity contribution < 1.29 is 37.4 Å². The molecule has 0 bridgehead atoms. The average Bonchev–Trinajstić information content (AvgIpc) is 2.85. The third-order valence-electron chi connectivity index (χ3n) is 3.02. The highest BCUT2D eigenvalue weighted by Crippen LogP contribution is 2.34. The number of rotatable bonds is 4. The minimum Gasteiger partial charge on any atom is -0.478 e. The van der Waals surface area contributed by atoms with Gasteiger partial charge in [0.1, 0.15) is 5.82 Å². The summed E-state index contributed by atoms with van der Waals surface area (Å²) in [6.07, 6.45) is -1.97. The number of alkyl halides is 3. The molecule has 1 heterocycles. The topological polar surface area (TPSA) is 106 Å². The van der Waals surface area contributed by atoms with Crippen molar-refractivity contribution in [2.75, 3.05) is 0 Å². The molecule has 142 valence electrons. The first-order valence-corrected chi connectivity index (χ1v) is 7.17. The van der Waals surface area contributed by atoms with Crippen LogP contribution in [0.25, 0.3) is 10.9 Å². The number of carboxylic acids is 2. The first kappa shape index (κ1) is 21.2. The van der Waals surface area contributed by atoms with Gasteiger partial charge in [-0.25, -0.2) is 14.0 Å². The molecule has 0 saturated carbocycles. The van der Waals surface area contributed by atoms with Crippen molar-refractivity contribution in [3.63, 3.8) is 0 Å². The Morgan fingerprint density at radius 1 is 1.23 bits per heavy atom. The van der Waals surface area contributed by atoms with Crippen LogP contribution < -0.4 is 5.73 Å². The Balaban J connectivity index is 0.000000359. The number of carboxylic acid groups (broad SMARTS) is 2. The molecular formula is C16H16F4N2O4. The van der Waals surface area contributed by atoms with E-state index in [-0.39, 0.29) is 6.04 Å². The van der Waals surface area contributed by atoms with Crippen molar-refractivity contribution in [3.05, 3.63) is 47.9 Å². The Labute approximate surface area is 145 Å². The number of fused-ring (bicyclic) bond motifs is 1. The molecule has 0 aliphatic rings. The summed E-state index contributed by atoms with van der Waals surface area (Å²) in [4.78, 5) is 19.1. The molecule has 1 atom stereocenters. The van der Waals surface area contributed by atoms with Crippen LogP contribution in [0.5, 0.6) is 0 Å². The van der Waals surface area contributed by atoms with Gasteiger partial charge in [-0.2, -0.15) is 13.2 Å². The number of benzene rings is 1. The van der Waals surface area contributed by atoms with Crippen LogP contribution in [0, 0.1) is 5.82 Å². The highest BCUT2D eigenvalue weighted by Gasteiger charge is 2.34. The third kappa shape index (κ3) is 6.20. The lowest BCUT2D eigenvalue weighted by Crippen LogP contribution is -2.21. The lowest BCUT2D eigenvalue weighted by molar-refractivity contribution is -0.140. The van der Waals surface area contributed by atoms with Crippen molar-refractivity contribution in [1.29, 1.82) is 0 Å². The molecule has 1 aromatic heterocycles. The second-order valence-corrected chi connectivity index (χ2v) is 5.34. The Kier molecular flexibility index (Phi) is 6.90. The van der Waals surface area contributed by atoms with Crippen LogP contribution in [-0.4, -0.2) is 32.8 Å². The lowest BCUT2D eigenvalue weighted by Gasteiger charge is -2.11. The highest BCUT2D eigenvalue weighted by atomic mass is 19.4. The summed E-state index contributed by atoms with van der Waals surface area (Å²) >= 11 is 0. The fourth-order valence-corrected chi connectivity index (χ4v) is 2.04. The third-order valence-corrected chi connectivity index (χ3v) is 3.02. The second-order valence-electron chi connectivity index (χ2n) is 5.34. The van der Waals surface area contributed by atoms with Crippen molar-refractivity contribution in [2.24, 2.45) is 5.73 Å². The molecule has 2 aromatic rings. The number of carbonyl (C=O) groups is 2. The molecule has 0 unspecified atom stereocenters. The molecular weight excluding hydrogens is 360 g/mol. The van der Waals surface area contributed by atoms with Gasteiger partial charge in [-0.15, -0.1) is 0 Å². The van der Waals surface area contributed by atoms with Crippen molar-refractivity contribution in [3.8, 4) is 0 Å². The molecule has 4 N–H and O–H groups in total. The summed E-state index contributed by atoms with van der Waals surface area (Å²) in [5.41, 5.74) is 4.70. The van der Waals surface area contributed by atoms with Crippen LogP contribution in [0.1, 0.15) is 12.5 Å². The van der Waals surface area contributed by atoms with Gasteiger partial charge in [-0.05, 0) is 25.1 Å². The van der Waals surface area contributed by atoms with Gasteiger partial charge in [-0.3, -0.25) is 0 Å². The SMILES string of the molecule is C[C@H](N)Cn1ccc2cc(F)c(C(F)(F)F)cc21.O=C(O)/C=C/C(=O)O. The first-order valence-electron chi connectivity index (χ1n) is 7.17. The quantitative estimate of drug-likeness (QED) is 0.562. The molecule has 0 spiro atoms. The zero-order chi connectivity index (χ0) is 20.1. The standard InChI is InChI=1S/C12H12F4N2.C4H4O4/c1-7(17)6-18-3-2-8-4-10(13)9(5-11(8)18)12(14,15)16;5-3(6)1-2-4(7)8/h2-5,7H,6,17H2,1H3;1-2H,(H,5,6)(H,7,8)/b;2-1+/t7-;/m0./s1. The van der Waals surface area contributed by atoms with Crippen LogP contribution in [0.4, 0.5) is 17.6 Å². The van der Waals surface area contributed by atoms with E-state index >= 15 is 0 Å². The maximum Gasteiger partial charge on any atom is 0.419 e. The van der Waals surface area contributed by atoms with Crippen molar-refractivity contribution in [2.45, 2.75) is 25.7 Å². The number of hydrogen-bond acceptors (Lipinski definition) is 3. The molecule has 0 amide bonds. The van der Waals surface area contributed by atoms with E-state index in [2.05, 4.69) is 0 Å². The first-order chi connectivity index (χ1) is 11.9. The summed E-state index contributed by atoms with van der Waals surface area (Å²) in [7, 11) is 0. The van der Waals surface area contributed by atoms with E-state index in [0.717, 1.165) is 12.1 Å². The van der Waals surface area contributed by atoms with E-state index in [1.54, 1.807) is 23.8 Å². The smallest absolute Gasteiger partial charge is 0.419 e. The highest BCUT2D eigenvalue weighted by molar-refractivity contribution is 5.89. The summed E-state index contributed by atoms with van der Waals surface area (Å²) in [6, 6.07) is 3.10.